The van der Waals surface area contributed by atoms with Gasteiger partial charge in [0.15, 0.2) is 5.60 Å². The van der Waals surface area contributed by atoms with E-state index in [9.17, 15) is 15.0 Å². The van der Waals surface area contributed by atoms with Gasteiger partial charge in [0.2, 0.25) is 0 Å². The number of aromatic hydroxyl groups is 1. The van der Waals surface area contributed by atoms with Gasteiger partial charge < -0.3 is 10.2 Å². The number of nitrogens with zero attached hydrogens (tertiary/aromatic N) is 1. The Bertz CT molecular complexity index is 920. The Balaban J connectivity index is 1.90. The summed E-state index contributed by atoms with van der Waals surface area (Å²) in [6, 6.07) is 22.2. The number of hydrogen-bond acceptors (Lipinski definition) is 4. The number of phenols is 1. The second kappa shape index (κ2) is 8.16. The molecule has 0 spiro atoms. The first kappa shape index (κ1) is 18.8. The first-order valence-electron chi connectivity index (χ1n) is 8.17. The number of carbonyl (C=O) groups is 1. The molecule has 0 aromatic heterocycles. The van der Waals surface area contributed by atoms with E-state index in [2.05, 4.69) is 26.5 Å². The van der Waals surface area contributed by atoms with Crippen molar-refractivity contribution in [2.75, 3.05) is 0 Å². The minimum Gasteiger partial charge on any atom is -0.507 e. The van der Waals surface area contributed by atoms with E-state index in [-0.39, 0.29) is 5.75 Å². The zero-order valence-corrected chi connectivity index (χ0v) is 15.8. The van der Waals surface area contributed by atoms with Crippen LogP contribution in [0.3, 0.4) is 0 Å². The van der Waals surface area contributed by atoms with Gasteiger partial charge in [0.05, 0.1) is 6.21 Å². The van der Waals surface area contributed by atoms with E-state index in [4.69, 9.17) is 0 Å². The summed E-state index contributed by atoms with van der Waals surface area (Å²) >= 11 is 3.31. The fraction of sp³-hybridized carbons (Fsp3) is 0.0476. The van der Waals surface area contributed by atoms with E-state index in [1.54, 1.807) is 72.8 Å². The lowest BCUT2D eigenvalue weighted by atomic mass is 9.85. The van der Waals surface area contributed by atoms with Crippen LogP contribution in [-0.2, 0) is 10.4 Å². The van der Waals surface area contributed by atoms with Crippen molar-refractivity contribution in [3.8, 4) is 5.75 Å². The molecule has 0 saturated heterocycles. The van der Waals surface area contributed by atoms with E-state index < -0.39 is 11.5 Å². The van der Waals surface area contributed by atoms with Gasteiger partial charge in [-0.2, -0.15) is 5.10 Å². The molecule has 0 saturated carbocycles. The number of halogens is 1. The van der Waals surface area contributed by atoms with Gasteiger partial charge >= 0.3 is 0 Å². The van der Waals surface area contributed by atoms with Gasteiger partial charge in [-0.05, 0) is 29.3 Å². The van der Waals surface area contributed by atoms with Crippen molar-refractivity contribution in [2.24, 2.45) is 5.10 Å². The van der Waals surface area contributed by atoms with Crippen LogP contribution in [0, 0.1) is 0 Å². The summed E-state index contributed by atoms with van der Waals surface area (Å²) < 4.78 is 0.762. The monoisotopic (exact) mass is 424 g/mol. The van der Waals surface area contributed by atoms with Gasteiger partial charge in [0, 0.05) is 10.0 Å². The zero-order chi connectivity index (χ0) is 19.3. The van der Waals surface area contributed by atoms with E-state index in [0.717, 1.165) is 4.47 Å². The first-order chi connectivity index (χ1) is 13.0. The van der Waals surface area contributed by atoms with Crippen molar-refractivity contribution >= 4 is 28.1 Å². The third-order valence-electron chi connectivity index (χ3n) is 4.07. The first-order valence-corrected chi connectivity index (χ1v) is 8.96. The number of phenolic OH excluding ortho intramolecular Hbond substituents is 1. The maximum absolute atomic E-state index is 12.9. The Labute approximate surface area is 165 Å². The normalized spacial score (nSPS) is 11.5. The highest BCUT2D eigenvalue weighted by molar-refractivity contribution is 9.10. The Morgan fingerprint density at radius 3 is 2.07 bits per heavy atom. The number of aliphatic hydroxyl groups is 1. The summed E-state index contributed by atoms with van der Waals surface area (Å²) in [5, 5.41) is 25.0. The van der Waals surface area contributed by atoms with Crippen LogP contribution in [0.5, 0.6) is 5.75 Å². The molecule has 3 aromatic carbocycles. The Morgan fingerprint density at radius 1 is 0.963 bits per heavy atom. The summed E-state index contributed by atoms with van der Waals surface area (Å²) in [6.07, 6.45) is 1.31. The molecule has 0 aliphatic heterocycles. The summed E-state index contributed by atoms with van der Waals surface area (Å²) in [5.41, 5.74) is 1.74. The molecule has 3 rings (SSSR count). The van der Waals surface area contributed by atoms with Gasteiger partial charge in [-0.15, -0.1) is 0 Å². The van der Waals surface area contributed by atoms with Crippen LogP contribution in [0.1, 0.15) is 16.7 Å². The smallest absolute Gasteiger partial charge is 0.281 e. The molecule has 0 aliphatic rings. The number of hydrogen-bond donors (Lipinski definition) is 3. The minimum atomic E-state index is -1.90. The Hall–Kier alpha value is -2.96. The van der Waals surface area contributed by atoms with Crippen molar-refractivity contribution in [1.82, 2.24) is 5.43 Å². The zero-order valence-electron chi connectivity index (χ0n) is 14.2. The summed E-state index contributed by atoms with van der Waals surface area (Å²) in [7, 11) is 0. The molecule has 0 bridgehead atoms. The fourth-order valence-corrected chi connectivity index (χ4v) is 3.04. The van der Waals surface area contributed by atoms with E-state index in [1.165, 1.54) is 12.3 Å². The van der Waals surface area contributed by atoms with Crippen LogP contribution in [0.4, 0.5) is 0 Å². The molecule has 0 fully saturated rings. The standard InChI is InChI=1S/C21H17BrN2O3/c22-18-11-12-19(25)15(13-18)14-23-24-20(26)21(27,16-7-3-1-4-8-16)17-9-5-2-6-10-17/h1-14,25,27H,(H,24,26)/b23-14+. The second-order valence-electron chi connectivity index (χ2n) is 5.84. The largest absolute Gasteiger partial charge is 0.507 e. The third kappa shape index (κ3) is 4.07. The molecule has 0 unspecified atom stereocenters. The van der Waals surface area contributed by atoms with Crippen molar-refractivity contribution in [3.05, 3.63) is 100 Å². The minimum absolute atomic E-state index is 0.0255. The predicted molar refractivity (Wildman–Crippen MR) is 107 cm³/mol. The molecule has 0 aliphatic carbocycles. The molecule has 0 atom stereocenters. The predicted octanol–water partition coefficient (Wildman–Crippen LogP) is 3.54. The van der Waals surface area contributed by atoms with E-state index >= 15 is 0 Å². The number of amides is 1. The Morgan fingerprint density at radius 2 is 1.52 bits per heavy atom. The van der Waals surface area contributed by atoms with Crippen LogP contribution in [0.2, 0.25) is 0 Å². The molecular formula is C21H17BrN2O3. The molecule has 3 N–H and O–H groups in total. The average Bonchev–Trinajstić information content (AvgIpc) is 2.71. The van der Waals surface area contributed by atoms with Gasteiger partial charge in [-0.1, -0.05) is 76.6 Å². The van der Waals surface area contributed by atoms with Crippen LogP contribution < -0.4 is 5.43 Å². The fourth-order valence-electron chi connectivity index (χ4n) is 2.66. The van der Waals surface area contributed by atoms with Gasteiger partial charge in [-0.3, -0.25) is 4.79 Å². The van der Waals surface area contributed by atoms with Crippen molar-refractivity contribution in [2.45, 2.75) is 5.60 Å². The van der Waals surface area contributed by atoms with E-state index in [1.807, 2.05) is 0 Å². The number of rotatable bonds is 5. The topological polar surface area (TPSA) is 81.9 Å². The number of hydrazone groups is 1. The molecule has 5 nitrogen and oxygen atoms in total. The molecule has 0 radical (unpaired) electrons. The third-order valence-corrected chi connectivity index (χ3v) is 4.56. The molecular weight excluding hydrogens is 408 g/mol. The van der Waals surface area contributed by atoms with Crippen LogP contribution in [0.25, 0.3) is 0 Å². The van der Waals surface area contributed by atoms with Crippen LogP contribution in [-0.4, -0.2) is 22.3 Å². The Kier molecular flexibility index (Phi) is 5.69. The highest BCUT2D eigenvalue weighted by Crippen LogP contribution is 2.29. The molecule has 3 aromatic rings. The number of nitrogens with one attached hydrogen (secondary N) is 1. The highest BCUT2D eigenvalue weighted by atomic mass is 79.9. The summed E-state index contributed by atoms with van der Waals surface area (Å²) in [4.78, 5) is 12.9. The van der Waals surface area contributed by atoms with Gasteiger partial charge in [-0.25, -0.2) is 5.43 Å². The lowest BCUT2D eigenvalue weighted by Crippen LogP contribution is -2.43. The van der Waals surface area contributed by atoms with E-state index in [0.29, 0.717) is 16.7 Å². The van der Waals surface area contributed by atoms with Crippen molar-refractivity contribution in [1.29, 1.82) is 0 Å². The quantitative estimate of drug-likeness (QED) is 0.432. The second-order valence-corrected chi connectivity index (χ2v) is 6.76. The maximum Gasteiger partial charge on any atom is 0.281 e. The molecule has 27 heavy (non-hydrogen) atoms. The molecule has 0 heterocycles. The molecule has 6 heteroatoms. The average molecular weight is 425 g/mol. The van der Waals surface area contributed by atoms with Crippen LogP contribution in [0.15, 0.2) is 88.4 Å². The van der Waals surface area contributed by atoms with Crippen molar-refractivity contribution < 1.29 is 15.0 Å². The van der Waals surface area contributed by atoms with Gasteiger partial charge in [0.25, 0.3) is 5.91 Å². The van der Waals surface area contributed by atoms with Crippen LogP contribution >= 0.6 is 15.9 Å². The number of carbonyl (C=O) groups excluding carboxylic acids is 1. The lowest BCUT2D eigenvalue weighted by molar-refractivity contribution is -0.136. The maximum atomic E-state index is 12.9. The SMILES string of the molecule is O=C(N/N=C/c1cc(Br)ccc1O)C(O)(c1ccccc1)c1ccccc1. The highest BCUT2D eigenvalue weighted by Gasteiger charge is 2.39. The number of benzene rings is 3. The molecule has 136 valence electrons. The van der Waals surface area contributed by atoms with Crippen molar-refractivity contribution in [3.63, 3.8) is 0 Å². The van der Waals surface area contributed by atoms with Gasteiger partial charge in [0.1, 0.15) is 5.75 Å². The lowest BCUT2D eigenvalue weighted by Gasteiger charge is -2.27. The summed E-state index contributed by atoms with van der Waals surface area (Å²) in [5.74, 6) is -0.678. The molecule has 1 amide bonds. The summed E-state index contributed by atoms with van der Waals surface area (Å²) in [6.45, 7) is 0.